The molecule has 144 valence electrons. The van der Waals surface area contributed by atoms with Crippen LogP contribution in [0.25, 0.3) is 0 Å². The minimum Gasteiger partial charge on any atom is -0.467 e. The zero-order chi connectivity index (χ0) is 19.7. The molecule has 1 aromatic rings. The summed E-state index contributed by atoms with van der Waals surface area (Å²) in [5.74, 6) is -1.55. The lowest BCUT2D eigenvalue weighted by atomic mass is 10.0. The Kier molecular flexibility index (Phi) is 8.57. The van der Waals surface area contributed by atoms with Crippen molar-refractivity contribution in [1.29, 1.82) is 0 Å². The maximum Gasteiger partial charge on any atom is 0.408 e. The van der Waals surface area contributed by atoms with Crippen LogP contribution >= 0.6 is 0 Å². The number of aliphatic hydroxyl groups is 1. The third-order valence-electron chi connectivity index (χ3n) is 3.67. The standard InChI is InChI=1S/C18H26N2O6/c1-11(2)14(17(23)25-4)19-16(22)15(12(3)21)20-18(24)26-10-13-8-6-5-7-9-13/h5-9,11-12,14-15,21H,10H2,1-4H3,(H,19,22)(H,20,24). The van der Waals surface area contributed by atoms with Crippen LogP contribution in [0.5, 0.6) is 0 Å². The van der Waals surface area contributed by atoms with Crippen molar-refractivity contribution >= 4 is 18.0 Å². The van der Waals surface area contributed by atoms with Crippen LogP contribution in [0.4, 0.5) is 4.79 Å². The van der Waals surface area contributed by atoms with Gasteiger partial charge in [0.15, 0.2) is 0 Å². The van der Waals surface area contributed by atoms with Crippen LogP contribution in [-0.4, -0.2) is 48.4 Å². The quantitative estimate of drug-likeness (QED) is 0.591. The third-order valence-corrected chi connectivity index (χ3v) is 3.67. The van der Waals surface area contributed by atoms with Gasteiger partial charge in [-0.2, -0.15) is 0 Å². The lowest BCUT2D eigenvalue weighted by Gasteiger charge is -2.25. The van der Waals surface area contributed by atoms with Crippen molar-refractivity contribution in [3.63, 3.8) is 0 Å². The molecule has 26 heavy (non-hydrogen) atoms. The second-order valence-corrected chi connectivity index (χ2v) is 6.18. The summed E-state index contributed by atoms with van der Waals surface area (Å²) < 4.78 is 9.70. The van der Waals surface area contributed by atoms with E-state index < -0.39 is 36.2 Å². The van der Waals surface area contributed by atoms with E-state index in [1.807, 2.05) is 18.2 Å². The Morgan fingerprint density at radius 1 is 1.04 bits per heavy atom. The second-order valence-electron chi connectivity index (χ2n) is 6.18. The molecule has 0 aliphatic rings. The summed E-state index contributed by atoms with van der Waals surface area (Å²) in [6.45, 7) is 4.85. The number of nitrogens with one attached hydrogen (secondary N) is 2. The number of alkyl carbamates (subject to hydrolysis) is 1. The van der Waals surface area contributed by atoms with Gasteiger partial charge < -0.3 is 25.2 Å². The number of esters is 1. The molecule has 0 spiro atoms. The van der Waals surface area contributed by atoms with Gasteiger partial charge in [0, 0.05) is 0 Å². The Balaban J connectivity index is 2.67. The smallest absolute Gasteiger partial charge is 0.408 e. The second kappa shape index (κ2) is 10.4. The van der Waals surface area contributed by atoms with Gasteiger partial charge in [0.05, 0.1) is 13.2 Å². The highest BCUT2D eigenvalue weighted by Gasteiger charge is 2.31. The molecular formula is C18H26N2O6. The minimum atomic E-state index is -1.27. The number of hydrogen-bond acceptors (Lipinski definition) is 6. The normalized spacial score (nSPS) is 14.1. The van der Waals surface area contributed by atoms with Gasteiger partial charge in [0.2, 0.25) is 5.91 Å². The van der Waals surface area contributed by atoms with Gasteiger partial charge in [-0.1, -0.05) is 44.2 Å². The van der Waals surface area contributed by atoms with Crippen LogP contribution in [0, 0.1) is 5.92 Å². The van der Waals surface area contributed by atoms with Crippen LogP contribution < -0.4 is 10.6 Å². The Bertz CT molecular complexity index is 603. The molecule has 1 rings (SSSR count). The zero-order valence-corrected chi connectivity index (χ0v) is 15.4. The molecular weight excluding hydrogens is 340 g/mol. The number of methoxy groups -OCH3 is 1. The lowest BCUT2D eigenvalue weighted by Crippen LogP contribution is -2.57. The fraction of sp³-hybridized carbons (Fsp3) is 0.500. The van der Waals surface area contributed by atoms with Crippen LogP contribution in [0.2, 0.25) is 0 Å². The number of carbonyl (C=O) groups is 3. The number of ether oxygens (including phenoxy) is 2. The summed E-state index contributed by atoms with van der Waals surface area (Å²) >= 11 is 0. The molecule has 3 N–H and O–H groups in total. The highest BCUT2D eigenvalue weighted by Crippen LogP contribution is 2.06. The van der Waals surface area contributed by atoms with Gasteiger partial charge >= 0.3 is 12.1 Å². The molecule has 2 amide bonds. The number of carbonyl (C=O) groups excluding carboxylic acids is 3. The van der Waals surface area contributed by atoms with E-state index in [0.717, 1.165) is 5.56 Å². The average molecular weight is 366 g/mol. The number of rotatable bonds is 8. The van der Waals surface area contributed by atoms with Crippen LogP contribution in [0.15, 0.2) is 30.3 Å². The van der Waals surface area contributed by atoms with Crippen molar-refractivity contribution in [3.05, 3.63) is 35.9 Å². The number of benzene rings is 1. The molecule has 0 aromatic heterocycles. The summed E-state index contributed by atoms with van der Waals surface area (Å²) in [7, 11) is 1.22. The summed E-state index contributed by atoms with van der Waals surface area (Å²) in [6, 6.07) is 6.86. The first-order valence-corrected chi connectivity index (χ1v) is 8.29. The van der Waals surface area contributed by atoms with Gasteiger partial charge in [-0.15, -0.1) is 0 Å². The molecule has 0 radical (unpaired) electrons. The molecule has 1 aromatic carbocycles. The Morgan fingerprint density at radius 2 is 1.65 bits per heavy atom. The maximum absolute atomic E-state index is 12.4. The van der Waals surface area contributed by atoms with Gasteiger partial charge in [-0.05, 0) is 18.4 Å². The van der Waals surface area contributed by atoms with Crippen molar-refractivity contribution in [2.75, 3.05) is 7.11 Å². The topological polar surface area (TPSA) is 114 Å². The van der Waals surface area contributed by atoms with Crippen LogP contribution in [0.1, 0.15) is 26.3 Å². The number of amides is 2. The first-order chi connectivity index (χ1) is 12.3. The van der Waals surface area contributed by atoms with E-state index in [9.17, 15) is 19.5 Å². The highest BCUT2D eigenvalue weighted by molar-refractivity contribution is 5.90. The fourth-order valence-corrected chi connectivity index (χ4v) is 2.16. The van der Waals surface area contributed by atoms with Crippen molar-refractivity contribution in [2.24, 2.45) is 5.92 Å². The van der Waals surface area contributed by atoms with Gasteiger partial charge in [0.1, 0.15) is 18.7 Å². The summed E-state index contributed by atoms with van der Waals surface area (Å²) in [6.07, 6.45) is -2.04. The molecule has 0 heterocycles. The van der Waals surface area contributed by atoms with Gasteiger partial charge in [-0.3, -0.25) is 4.79 Å². The average Bonchev–Trinajstić information content (AvgIpc) is 2.61. The molecule has 3 atom stereocenters. The highest BCUT2D eigenvalue weighted by atomic mass is 16.5. The van der Waals surface area contributed by atoms with Crippen LogP contribution in [0.3, 0.4) is 0 Å². The monoisotopic (exact) mass is 366 g/mol. The zero-order valence-electron chi connectivity index (χ0n) is 15.4. The first kappa shape index (κ1) is 21.4. The molecule has 0 fully saturated rings. The fourth-order valence-electron chi connectivity index (χ4n) is 2.16. The van der Waals surface area contributed by atoms with Crippen molar-refractivity contribution in [2.45, 2.75) is 45.6 Å². The predicted molar refractivity (Wildman–Crippen MR) is 94.0 cm³/mol. The molecule has 0 saturated heterocycles. The number of hydrogen-bond donors (Lipinski definition) is 3. The van der Waals surface area contributed by atoms with E-state index >= 15 is 0 Å². The van der Waals surface area contributed by atoms with Crippen molar-refractivity contribution < 1.29 is 29.0 Å². The molecule has 8 nitrogen and oxygen atoms in total. The first-order valence-electron chi connectivity index (χ1n) is 8.29. The molecule has 0 aliphatic heterocycles. The van der Waals surface area contributed by atoms with Crippen molar-refractivity contribution in [1.82, 2.24) is 10.6 Å². The van der Waals surface area contributed by atoms with E-state index in [2.05, 4.69) is 15.4 Å². The minimum absolute atomic E-state index is 0.0254. The summed E-state index contributed by atoms with van der Waals surface area (Å²) in [5.41, 5.74) is 0.784. The van der Waals surface area contributed by atoms with Crippen LogP contribution in [-0.2, 0) is 25.7 Å². The lowest BCUT2D eigenvalue weighted by molar-refractivity contribution is -0.147. The SMILES string of the molecule is COC(=O)C(NC(=O)C(NC(=O)OCc1ccccc1)C(C)O)C(C)C. The van der Waals surface area contributed by atoms with Crippen molar-refractivity contribution in [3.8, 4) is 0 Å². The Hall–Kier alpha value is -2.61. The molecule has 0 saturated carbocycles. The van der Waals surface area contributed by atoms with Gasteiger partial charge in [-0.25, -0.2) is 9.59 Å². The summed E-state index contributed by atoms with van der Waals surface area (Å²) in [4.78, 5) is 36.1. The van der Waals surface area contributed by atoms with E-state index in [1.165, 1.54) is 14.0 Å². The number of aliphatic hydroxyl groups excluding tert-OH is 1. The van der Waals surface area contributed by atoms with E-state index in [-0.39, 0.29) is 12.5 Å². The predicted octanol–water partition coefficient (Wildman–Crippen LogP) is 0.976. The molecule has 8 heteroatoms. The van der Waals surface area contributed by atoms with E-state index in [0.29, 0.717) is 0 Å². The van der Waals surface area contributed by atoms with Gasteiger partial charge in [0.25, 0.3) is 0 Å². The molecule has 0 aliphatic carbocycles. The molecule has 3 unspecified atom stereocenters. The van der Waals surface area contributed by atoms with E-state index in [1.54, 1.807) is 26.0 Å². The summed E-state index contributed by atoms with van der Waals surface area (Å²) in [5, 5.41) is 14.6. The third kappa shape index (κ3) is 6.72. The maximum atomic E-state index is 12.4. The Labute approximate surface area is 152 Å². The Morgan fingerprint density at radius 3 is 2.15 bits per heavy atom. The largest absolute Gasteiger partial charge is 0.467 e. The van der Waals surface area contributed by atoms with E-state index in [4.69, 9.17) is 4.74 Å². The molecule has 0 bridgehead atoms.